The second-order valence-electron chi connectivity index (χ2n) is 4.47. The highest BCUT2D eigenvalue weighted by Gasteiger charge is 2.15. The Morgan fingerprint density at radius 1 is 1.35 bits per heavy atom. The lowest BCUT2D eigenvalue weighted by atomic mass is 10.1. The molecule has 1 heterocycles. The van der Waals surface area contributed by atoms with E-state index in [1.165, 1.54) is 0 Å². The minimum Gasteiger partial charge on any atom is -0.497 e. The molecule has 0 aliphatic carbocycles. The number of rotatable bonds is 3. The topological polar surface area (TPSA) is 31.2 Å². The van der Waals surface area contributed by atoms with Crippen LogP contribution in [0.25, 0.3) is 10.9 Å². The van der Waals surface area contributed by atoms with Crippen molar-refractivity contribution in [2.75, 3.05) is 7.11 Å². The van der Waals surface area contributed by atoms with Crippen LogP contribution in [0.5, 0.6) is 5.75 Å². The summed E-state index contributed by atoms with van der Waals surface area (Å²) in [5.74, 6) is 0.818. The SMILES string of the molecule is COc1ccc2c(c1)c(C)c(C=O)n2C(C)C. The first-order valence-electron chi connectivity index (χ1n) is 5.73. The van der Waals surface area contributed by atoms with Gasteiger partial charge in [0.25, 0.3) is 0 Å². The fourth-order valence-electron chi connectivity index (χ4n) is 2.30. The van der Waals surface area contributed by atoms with Crippen molar-refractivity contribution in [2.45, 2.75) is 26.8 Å². The maximum Gasteiger partial charge on any atom is 0.166 e. The van der Waals surface area contributed by atoms with Crippen LogP contribution in [0.15, 0.2) is 18.2 Å². The van der Waals surface area contributed by atoms with Gasteiger partial charge in [-0.25, -0.2) is 0 Å². The number of hydrogen-bond acceptors (Lipinski definition) is 2. The lowest BCUT2D eigenvalue weighted by Crippen LogP contribution is -2.05. The third kappa shape index (κ3) is 1.71. The lowest BCUT2D eigenvalue weighted by Gasteiger charge is -2.11. The Morgan fingerprint density at radius 3 is 2.59 bits per heavy atom. The maximum absolute atomic E-state index is 11.2. The number of carbonyl (C=O) groups excluding carboxylic acids is 1. The van der Waals surface area contributed by atoms with E-state index in [-0.39, 0.29) is 6.04 Å². The summed E-state index contributed by atoms with van der Waals surface area (Å²) in [6.07, 6.45) is 0.932. The molecule has 1 aromatic heterocycles. The Hall–Kier alpha value is -1.77. The third-order valence-electron chi connectivity index (χ3n) is 3.14. The van der Waals surface area contributed by atoms with Crippen molar-refractivity contribution in [1.82, 2.24) is 4.57 Å². The number of ether oxygens (including phenoxy) is 1. The van der Waals surface area contributed by atoms with Crippen molar-refractivity contribution in [1.29, 1.82) is 0 Å². The van der Waals surface area contributed by atoms with E-state index >= 15 is 0 Å². The second-order valence-corrected chi connectivity index (χ2v) is 4.47. The molecule has 0 bridgehead atoms. The van der Waals surface area contributed by atoms with E-state index < -0.39 is 0 Å². The third-order valence-corrected chi connectivity index (χ3v) is 3.14. The largest absolute Gasteiger partial charge is 0.497 e. The van der Waals surface area contributed by atoms with Gasteiger partial charge in [0.1, 0.15) is 5.75 Å². The van der Waals surface area contributed by atoms with Crippen molar-refractivity contribution in [3.8, 4) is 5.75 Å². The molecule has 0 unspecified atom stereocenters. The molecule has 0 N–H and O–H groups in total. The van der Waals surface area contributed by atoms with Gasteiger partial charge in [0.15, 0.2) is 6.29 Å². The van der Waals surface area contributed by atoms with Gasteiger partial charge in [0, 0.05) is 16.9 Å². The molecule has 0 saturated heterocycles. The van der Waals surface area contributed by atoms with Crippen LogP contribution >= 0.6 is 0 Å². The standard InChI is InChI=1S/C14H17NO2/c1-9(2)15-13-6-5-11(17-4)7-12(13)10(3)14(15)8-16/h5-9H,1-4H3. The number of hydrogen-bond donors (Lipinski definition) is 0. The zero-order valence-corrected chi connectivity index (χ0v) is 10.7. The van der Waals surface area contributed by atoms with Crippen LogP contribution in [0, 0.1) is 6.92 Å². The Kier molecular flexibility index (Phi) is 2.92. The summed E-state index contributed by atoms with van der Waals surface area (Å²) in [6.45, 7) is 6.14. The maximum atomic E-state index is 11.2. The predicted octanol–water partition coefficient (Wildman–Crippen LogP) is 3.35. The van der Waals surface area contributed by atoms with Gasteiger partial charge < -0.3 is 9.30 Å². The van der Waals surface area contributed by atoms with Crippen molar-refractivity contribution < 1.29 is 9.53 Å². The van der Waals surface area contributed by atoms with E-state index in [2.05, 4.69) is 18.4 Å². The molecule has 0 aliphatic rings. The Morgan fingerprint density at radius 2 is 2.06 bits per heavy atom. The minimum atomic E-state index is 0.264. The molecule has 2 aromatic rings. The summed E-state index contributed by atoms with van der Waals surface area (Å²) in [5.41, 5.74) is 2.85. The molecular formula is C14H17NO2. The van der Waals surface area contributed by atoms with Crippen LogP contribution in [0.2, 0.25) is 0 Å². The molecular weight excluding hydrogens is 214 g/mol. The first-order chi connectivity index (χ1) is 8.10. The normalized spacial score (nSPS) is 11.1. The molecule has 3 heteroatoms. The van der Waals surface area contributed by atoms with Gasteiger partial charge in [-0.05, 0) is 44.5 Å². The number of nitrogens with zero attached hydrogens (tertiary/aromatic N) is 1. The molecule has 0 aliphatic heterocycles. The van der Waals surface area contributed by atoms with Crippen LogP contribution in [-0.4, -0.2) is 18.0 Å². The molecule has 0 atom stereocenters. The molecule has 0 radical (unpaired) electrons. The van der Waals surface area contributed by atoms with E-state index in [0.717, 1.165) is 34.2 Å². The van der Waals surface area contributed by atoms with Gasteiger partial charge in [-0.3, -0.25) is 4.79 Å². The van der Waals surface area contributed by atoms with Gasteiger partial charge in [-0.1, -0.05) is 0 Å². The molecule has 17 heavy (non-hydrogen) atoms. The molecule has 3 nitrogen and oxygen atoms in total. The van der Waals surface area contributed by atoms with Gasteiger partial charge in [-0.2, -0.15) is 0 Å². The average Bonchev–Trinajstić information content (AvgIpc) is 2.61. The second kappa shape index (κ2) is 4.24. The van der Waals surface area contributed by atoms with Gasteiger partial charge in [0.05, 0.1) is 12.8 Å². The summed E-state index contributed by atoms with van der Waals surface area (Å²) >= 11 is 0. The average molecular weight is 231 g/mol. The smallest absolute Gasteiger partial charge is 0.166 e. The summed E-state index contributed by atoms with van der Waals surface area (Å²) in [7, 11) is 1.65. The predicted molar refractivity (Wildman–Crippen MR) is 69.0 cm³/mol. The molecule has 90 valence electrons. The van der Waals surface area contributed by atoms with Crippen molar-refractivity contribution in [3.63, 3.8) is 0 Å². The molecule has 0 spiro atoms. The van der Waals surface area contributed by atoms with Crippen molar-refractivity contribution >= 4 is 17.2 Å². The number of aldehydes is 1. The number of fused-ring (bicyclic) bond motifs is 1. The van der Waals surface area contributed by atoms with Gasteiger partial charge in [0.2, 0.25) is 0 Å². The first kappa shape index (κ1) is 11.7. The fourth-order valence-corrected chi connectivity index (χ4v) is 2.30. The fraction of sp³-hybridized carbons (Fsp3) is 0.357. The van der Waals surface area contributed by atoms with E-state index in [0.29, 0.717) is 0 Å². The number of benzene rings is 1. The number of aryl methyl sites for hydroxylation is 1. The van der Waals surface area contributed by atoms with Crippen LogP contribution in [-0.2, 0) is 0 Å². The molecule has 1 aromatic carbocycles. The summed E-state index contributed by atoms with van der Waals surface area (Å²) in [4.78, 5) is 11.2. The summed E-state index contributed by atoms with van der Waals surface area (Å²) < 4.78 is 7.29. The van der Waals surface area contributed by atoms with E-state index in [1.54, 1.807) is 7.11 Å². The van der Waals surface area contributed by atoms with Crippen molar-refractivity contribution in [3.05, 3.63) is 29.5 Å². The Balaban J connectivity index is 2.84. The minimum absolute atomic E-state index is 0.264. The van der Waals surface area contributed by atoms with E-state index in [4.69, 9.17) is 4.74 Å². The van der Waals surface area contributed by atoms with Crippen molar-refractivity contribution in [2.24, 2.45) is 0 Å². The number of carbonyl (C=O) groups is 1. The zero-order valence-electron chi connectivity index (χ0n) is 10.7. The van der Waals surface area contributed by atoms with Crippen LogP contribution in [0.4, 0.5) is 0 Å². The quantitative estimate of drug-likeness (QED) is 0.758. The van der Waals surface area contributed by atoms with Gasteiger partial charge >= 0.3 is 0 Å². The highest BCUT2D eigenvalue weighted by Crippen LogP contribution is 2.30. The van der Waals surface area contributed by atoms with Crippen LogP contribution < -0.4 is 4.74 Å². The zero-order chi connectivity index (χ0) is 12.6. The monoisotopic (exact) mass is 231 g/mol. The number of methoxy groups -OCH3 is 1. The van der Waals surface area contributed by atoms with E-state index in [9.17, 15) is 4.79 Å². The summed E-state index contributed by atoms with van der Waals surface area (Å²) in [6, 6.07) is 6.18. The van der Waals surface area contributed by atoms with E-state index in [1.807, 2.05) is 25.1 Å². The lowest BCUT2D eigenvalue weighted by molar-refractivity contribution is 0.111. The molecule has 0 amide bonds. The first-order valence-corrected chi connectivity index (χ1v) is 5.73. The number of aromatic nitrogens is 1. The summed E-state index contributed by atoms with van der Waals surface area (Å²) in [5, 5.41) is 1.08. The Bertz CT molecular complexity index is 567. The Labute approximate surface area is 101 Å². The van der Waals surface area contributed by atoms with Crippen LogP contribution in [0.3, 0.4) is 0 Å². The molecule has 0 fully saturated rings. The van der Waals surface area contributed by atoms with Gasteiger partial charge in [-0.15, -0.1) is 0 Å². The molecule has 2 rings (SSSR count). The molecule has 0 saturated carbocycles. The van der Waals surface area contributed by atoms with Crippen LogP contribution in [0.1, 0.15) is 35.9 Å². The highest BCUT2D eigenvalue weighted by molar-refractivity contribution is 5.93. The highest BCUT2D eigenvalue weighted by atomic mass is 16.5.